The molecule has 0 aromatic heterocycles. The van der Waals surface area contributed by atoms with E-state index in [9.17, 15) is 22.4 Å². The Morgan fingerprint density at radius 1 is 0.927 bits per heavy atom. The molecule has 3 aromatic carbocycles. The van der Waals surface area contributed by atoms with Crippen molar-refractivity contribution < 1.29 is 22.4 Å². The van der Waals surface area contributed by atoms with E-state index in [0.717, 1.165) is 53.8 Å². The number of anilines is 1. The Morgan fingerprint density at radius 3 is 2.17 bits per heavy atom. The first-order valence-electron chi connectivity index (χ1n) is 14.1. The van der Waals surface area contributed by atoms with Crippen molar-refractivity contribution in [2.45, 2.75) is 64.1 Å². The van der Waals surface area contributed by atoms with Gasteiger partial charge in [0.2, 0.25) is 21.8 Å². The van der Waals surface area contributed by atoms with Gasteiger partial charge in [-0.1, -0.05) is 80.4 Å². The molecule has 0 unspecified atom stereocenters. The zero-order valence-corrected chi connectivity index (χ0v) is 24.4. The average molecular weight is 580 g/mol. The Balaban J connectivity index is 1.72. The van der Waals surface area contributed by atoms with Gasteiger partial charge >= 0.3 is 0 Å². The molecule has 2 amide bonds. The number of rotatable bonds is 12. The number of nitrogens with zero attached hydrogens (tertiary/aromatic N) is 2. The Bertz CT molecular complexity index is 1420. The summed E-state index contributed by atoms with van der Waals surface area (Å²) in [4.78, 5) is 29.2. The molecule has 41 heavy (non-hydrogen) atoms. The fourth-order valence-electron chi connectivity index (χ4n) is 5.24. The van der Waals surface area contributed by atoms with Crippen LogP contribution in [0.15, 0.2) is 78.9 Å². The molecule has 1 saturated carbocycles. The lowest BCUT2D eigenvalue weighted by Crippen LogP contribution is -2.54. The van der Waals surface area contributed by atoms with Gasteiger partial charge in [0, 0.05) is 24.6 Å². The van der Waals surface area contributed by atoms with E-state index >= 15 is 0 Å². The highest BCUT2D eigenvalue weighted by Crippen LogP contribution is 2.23. The Morgan fingerprint density at radius 2 is 1.56 bits per heavy atom. The number of benzene rings is 3. The van der Waals surface area contributed by atoms with Gasteiger partial charge in [-0.25, -0.2) is 12.8 Å². The zero-order valence-electron chi connectivity index (χ0n) is 23.6. The van der Waals surface area contributed by atoms with Crippen molar-refractivity contribution in [3.05, 3.63) is 101 Å². The molecule has 1 N–H and O–H groups in total. The highest BCUT2D eigenvalue weighted by atomic mass is 32.2. The maximum atomic E-state index is 14.9. The number of amides is 2. The minimum Gasteiger partial charge on any atom is -0.352 e. The van der Waals surface area contributed by atoms with Gasteiger partial charge in [0.1, 0.15) is 18.4 Å². The van der Waals surface area contributed by atoms with Crippen molar-refractivity contribution in [2.75, 3.05) is 17.1 Å². The summed E-state index contributed by atoms with van der Waals surface area (Å²) in [6.45, 7) is 1.28. The molecule has 3 aromatic rings. The predicted octanol–water partition coefficient (Wildman–Crippen LogP) is 4.85. The Labute approximate surface area is 242 Å². The molecule has 1 aliphatic carbocycles. The molecule has 1 atom stereocenters. The van der Waals surface area contributed by atoms with Crippen LogP contribution in [0.1, 0.15) is 49.3 Å². The van der Waals surface area contributed by atoms with Crippen molar-refractivity contribution in [1.29, 1.82) is 0 Å². The summed E-state index contributed by atoms with van der Waals surface area (Å²) in [5.41, 5.74) is 2.45. The number of hydrogen-bond acceptors (Lipinski definition) is 4. The third-order valence-electron chi connectivity index (χ3n) is 7.58. The fraction of sp³-hybridized carbons (Fsp3) is 0.375. The second-order valence-electron chi connectivity index (χ2n) is 10.6. The molecule has 0 bridgehead atoms. The summed E-state index contributed by atoms with van der Waals surface area (Å²) in [6, 6.07) is 21.5. The first-order valence-corrected chi connectivity index (χ1v) is 15.9. The van der Waals surface area contributed by atoms with Crippen molar-refractivity contribution in [3.8, 4) is 0 Å². The zero-order chi connectivity index (χ0) is 29.4. The number of halogens is 1. The second kappa shape index (κ2) is 13.8. The molecule has 1 aliphatic rings. The van der Waals surface area contributed by atoms with Crippen LogP contribution >= 0.6 is 0 Å². The van der Waals surface area contributed by atoms with Crippen LogP contribution in [-0.2, 0) is 39.0 Å². The molecule has 0 spiro atoms. The molecule has 0 aliphatic heterocycles. The molecular formula is C32H38FN3O4S. The lowest BCUT2D eigenvalue weighted by molar-refractivity contribution is -0.140. The summed E-state index contributed by atoms with van der Waals surface area (Å²) < 4.78 is 41.7. The highest BCUT2D eigenvalue weighted by Gasteiger charge is 2.34. The van der Waals surface area contributed by atoms with Crippen LogP contribution in [0.4, 0.5) is 10.1 Å². The van der Waals surface area contributed by atoms with Crippen LogP contribution in [0.2, 0.25) is 0 Å². The first kappa shape index (κ1) is 30.2. The lowest BCUT2D eigenvalue weighted by Gasteiger charge is -2.34. The van der Waals surface area contributed by atoms with Gasteiger partial charge in [-0.05, 0) is 48.6 Å². The number of carbonyl (C=O) groups is 2. The van der Waals surface area contributed by atoms with Crippen molar-refractivity contribution >= 4 is 27.5 Å². The van der Waals surface area contributed by atoms with E-state index < -0.39 is 34.3 Å². The molecule has 0 heterocycles. The average Bonchev–Trinajstić information content (AvgIpc) is 3.47. The minimum absolute atomic E-state index is 0.00999. The molecule has 1 fully saturated rings. The second-order valence-corrected chi connectivity index (χ2v) is 12.5. The monoisotopic (exact) mass is 579 g/mol. The van der Waals surface area contributed by atoms with Crippen molar-refractivity contribution in [2.24, 2.45) is 0 Å². The van der Waals surface area contributed by atoms with E-state index in [1.54, 1.807) is 30.3 Å². The Kier molecular flexibility index (Phi) is 10.2. The van der Waals surface area contributed by atoms with E-state index in [0.29, 0.717) is 5.69 Å². The number of carbonyl (C=O) groups excluding carboxylic acids is 2. The fourth-order valence-corrected chi connectivity index (χ4v) is 6.09. The summed E-state index contributed by atoms with van der Waals surface area (Å²) in [6.07, 6.45) is 5.79. The minimum atomic E-state index is -3.86. The van der Waals surface area contributed by atoms with Crippen molar-refractivity contribution in [3.63, 3.8) is 0 Å². The van der Waals surface area contributed by atoms with Crippen LogP contribution < -0.4 is 9.62 Å². The number of hydrogen-bond donors (Lipinski definition) is 1. The van der Waals surface area contributed by atoms with Crippen LogP contribution in [-0.4, -0.2) is 50.0 Å². The molecule has 4 rings (SSSR count). The topological polar surface area (TPSA) is 86.8 Å². The molecular weight excluding hydrogens is 541 g/mol. The maximum absolute atomic E-state index is 14.9. The summed E-state index contributed by atoms with van der Waals surface area (Å²) in [7, 11) is -3.86. The van der Waals surface area contributed by atoms with Crippen LogP contribution in [0.3, 0.4) is 0 Å². The van der Waals surface area contributed by atoms with E-state index in [1.807, 2.05) is 49.4 Å². The summed E-state index contributed by atoms with van der Waals surface area (Å²) in [5, 5.41) is 3.10. The third kappa shape index (κ3) is 8.16. The van der Waals surface area contributed by atoms with Gasteiger partial charge in [0.05, 0.1) is 11.9 Å². The first-order chi connectivity index (χ1) is 19.7. The van der Waals surface area contributed by atoms with Crippen LogP contribution in [0, 0.1) is 5.82 Å². The van der Waals surface area contributed by atoms with Gasteiger partial charge in [-0.2, -0.15) is 0 Å². The summed E-state index contributed by atoms with van der Waals surface area (Å²) in [5.74, 6) is -1.43. The van der Waals surface area contributed by atoms with Gasteiger partial charge in [-0.3, -0.25) is 13.9 Å². The predicted molar refractivity (Wildman–Crippen MR) is 159 cm³/mol. The van der Waals surface area contributed by atoms with Gasteiger partial charge < -0.3 is 10.2 Å². The molecule has 9 heteroatoms. The van der Waals surface area contributed by atoms with Gasteiger partial charge in [0.25, 0.3) is 0 Å². The summed E-state index contributed by atoms with van der Waals surface area (Å²) >= 11 is 0. The molecule has 0 saturated heterocycles. The quantitative estimate of drug-likeness (QED) is 0.332. The van der Waals surface area contributed by atoms with Gasteiger partial charge in [-0.15, -0.1) is 0 Å². The van der Waals surface area contributed by atoms with Crippen molar-refractivity contribution in [1.82, 2.24) is 10.2 Å². The lowest BCUT2D eigenvalue weighted by atomic mass is 10.0. The largest absolute Gasteiger partial charge is 0.352 e. The molecule has 218 valence electrons. The van der Waals surface area contributed by atoms with Gasteiger partial charge in [0.15, 0.2) is 0 Å². The number of aryl methyl sites for hydroxylation is 1. The van der Waals surface area contributed by atoms with Crippen LogP contribution in [0.25, 0.3) is 0 Å². The van der Waals surface area contributed by atoms with E-state index in [1.165, 1.54) is 11.0 Å². The van der Waals surface area contributed by atoms with E-state index in [4.69, 9.17) is 0 Å². The molecule has 0 radical (unpaired) electrons. The van der Waals surface area contributed by atoms with E-state index in [2.05, 4.69) is 5.32 Å². The SMILES string of the molecule is CCc1ccc(N(CC(=O)N(Cc2ccccc2F)[C@H](Cc2ccccc2)C(=O)NC2CCCC2)S(C)(=O)=O)cc1. The standard InChI is InChI=1S/C32H38FN3O4S/c1-3-24-17-19-28(20-18-24)36(41(2,39)40)23-31(37)35(22-26-13-7-10-16-29(26)33)30(21-25-11-5-4-6-12-25)32(38)34-27-14-8-9-15-27/h4-7,10-13,16-20,27,30H,3,8-9,14-15,21-23H2,1-2H3,(H,34,38)/t30-/m1/s1. The maximum Gasteiger partial charge on any atom is 0.244 e. The number of nitrogens with one attached hydrogen (secondary N) is 1. The highest BCUT2D eigenvalue weighted by molar-refractivity contribution is 7.92. The number of sulfonamides is 1. The smallest absolute Gasteiger partial charge is 0.244 e. The Hall–Kier alpha value is -3.72. The van der Waals surface area contributed by atoms with Crippen LogP contribution in [0.5, 0.6) is 0 Å². The normalized spacial score (nSPS) is 14.4. The van der Waals surface area contributed by atoms with E-state index in [-0.39, 0.29) is 30.5 Å². The molecule has 7 nitrogen and oxygen atoms in total. The third-order valence-corrected chi connectivity index (χ3v) is 8.72.